The zero-order valence-corrected chi connectivity index (χ0v) is 20.3. The molecule has 0 amide bonds. The van der Waals surface area contributed by atoms with E-state index in [4.69, 9.17) is 0 Å². The van der Waals surface area contributed by atoms with Gasteiger partial charge in [0.2, 0.25) is 0 Å². The Morgan fingerprint density at radius 1 is 1.23 bits per heavy atom. The van der Waals surface area contributed by atoms with Crippen LogP contribution in [0.3, 0.4) is 0 Å². The van der Waals surface area contributed by atoms with E-state index in [1.807, 2.05) is 0 Å². The van der Waals surface area contributed by atoms with Gasteiger partial charge in [0.25, 0.3) is 0 Å². The monoisotopic (exact) mass is 412 g/mol. The fourth-order valence-corrected chi connectivity index (χ4v) is 3.96. The highest BCUT2D eigenvalue weighted by molar-refractivity contribution is 5.36. The highest BCUT2D eigenvalue weighted by Crippen LogP contribution is 2.36. The Morgan fingerprint density at radius 3 is 2.57 bits per heavy atom. The molecule has 0 aromatic rings. The van der Waals surface area contributed by atoms with E-state index in [0.717, 1.165) is 63.4 Å². The van der Waals surface area contributed by atoms with Gasteiger partial charge >= 0.3 is 0 Å². The molecular weight excluding hydrogens is 368 g/mol. The van der Waals surface area contributed by atoms with E-state index in [2.05, 4.69) is 64.3 Å². The molecule has 0 bridgehead atoms. The van der Waals surface area contributed by atoms with Crippen LogP contribution in [0.1, 0.15) is 99.3 Å². The minimum atomic E-state index is -0.911. The van der Waals surface area contributed by atoms with E-state index in [1.54, 1.807) is 13.8 Å². The van der Waals surface area contributed by atoms with Gasteiger partial charge in [-0.2, -0.15) is 0 Å². The Hall–Kier alpha value is -1.56. The predicted molar refractivity (Wildman–Crippen MR) is 130 cm³/mol. The molecule has 0 aromatic heterocycles. The standard InChI is InChI=1S/C28H44O2/c1-8-13-25(16-9-10-21-28(6,7)30)27(4,5)20-12-14-22(2)18-19-24-15-11-17-26(29)23(24)3/h13,18-19,26,29-30H,3,8-9,11-12,14-17,20H2,1-2,4-7H3/b22-18-,24-19-,25-13-. The first kappa shape index (κ1) is 26.5. The van der Waals surface area contributed by atoms with Crippen LogP contribution in [0.25, 0.3) is 0 Å². The third-order valence-corrected chi connectivity index (χ3v) is 5.91. The molecule has 0 aliphatic heterocycles. The van der Waals surface area contributed by atoms with Crippen molar-refractivity contribution < 1.29 is 10.2 Å². The summed E-state index contributed by atoms with van der Waals surface area (Å²) in [6.07, 6.45) is 15.4. The van der Waals surface area contributed by atoms with Gasteiger partial charge in [0.15, 0.2) is 0 Å². The molecule has 1 aliphatic rings. The van der Waals surface area contributed by atoms with Gasteiger partial charge < -0.3 is 10.2 Å². The fraction of sp³-hybridized carbons (Fsp3) is 0.643. The Morgan fingerprint density at radius 2 is 1.93 bits per heavy atom. The number of rotatable bonds is 9. The number of allylic oxidation sites excluding steroid dienone is 5. The molecule has 0 saturated heterocycles. The van der Waals surface area contributed by atoms with Crippen molar-refractivity contribution in [3.63, 3.8) is 0 Å². The summed E-state index contributed by atoms with van der Waals surface area (Å²) in [6.45, 7) is 16.6. The van der Waals surface area contributed by atoms with Gasteiger partial charge in [-0.05, 0) is 88.7 Å². The Kier molecular flexibility index (Phi) is 10.9. The van der Waals surface area contributed by atoms with Crippen molar-refractivity contribution >= 4 is 0 Å². The quantitative estimate of drug-likeness (QED) is 0.315. The average Bonchev–Trinajstić information content (AvgIpc) is 2.64. The molecular formula is C28H44O2. The Balaban J connectivity index is 2.61. The van der Waals surface area contributed by atoms with Gasteiger partial charge in [0.1, 0.15) is 5.60 Å². The molecule has 0 heterocycles. The number of aliphatic hydroxyl groups is 2. The largest absolute Gasteiger partial charge is 0.388 e. The molecule has 1 aliphatic carbocycles. The lowest BCUT2D eigenvalue weighted by atomic mass is 9.77. The smallest absolute Gasteiger partial charge is 0.119 e. The second kappa shape index (κ2) is 12.3. The molecule has 1 atom stereocenters. The van der Waals surface area contributed by atoms with E-state index in [1.165, 1.54) is 16.7 Å². The zero-order valence-electron chi connectivity index (χ0n) is 20.3. The van der Waals surface area contributed by atoms with Crippen molar-refractivity contribution in [2.24, 2.45) is 5.41 Å². The molecule has 1 rings (SSSR count). The summed E-state index contributed by atoms with van der Waals surface area (Å²) >= 11 is 0. The van der Waals surface area contributed by atoms with Crippen molar-refractivity contribution in [1.29, 1.82) is 0 Å². The van der Waals surface area contributed by atoms with Crippen molar-refractivity contribution in [2.45, 2.75) is 111 Å². The van der Waals surface area contributed by atoms with Crippen LogP contribution in [-0.4, -0.2) is 21.9 Å². The van der Waals surface area contributed by atoms with Crippen LogP contribution in [0.15, 0.2) is 47.1 Å². The lowest BCUT2D eigenvalue weighted by Gasteiger charge is -2.28. The first-order valence-corrected chi connectivity index (χ1v) is 11.6. The minimum Gasteiger partial charge on any atom is -0.388 e. The second-order valence-electron chi connectivity index (χ2n) is 9.87. The Bertz CT molecular complexity index is 714. The topological polar surface area (TPSA) is 40.5 Å². The third kappa shape index (κ3) is 9.96. The maximum Gasteiger partial charge on any atom is 0.119 e. The minimum absolute atomic E-state index is 0.160. The molecule has 2 N–H and O–H groups in total. The predicted octanol–water partition coefficient (Wildman–Crippen LogP) is 7.05. The molecule has 0 aromatic carbocycles. The van der Waals surface area contributed by atoms with E-state index in [0.29, 0.717) is 0 Å². The van der Waals surface area contributed by atoms with Gasteiger partial charge in [0.05, 0.1) is 6.10 Å². The van der Waals surface area contributed by atoms with Gasteiger partial charge in [0, 0.05) is 6.42 Å². The maximum absolute atomic E-state index is 9.97. The van der Waals surface area contributed by atoms with Crippen LogP contribution in [-0.2, 0) is 0 Å². The van der Waals surface area contributed by atoms with Crippen molar-refractivity contribution in [1.82, 2.24) is 0 Å². The third-order valence-electron chi connectivity index (χ3n) is 5.91. The summed E-state index contributed by atoms with van der Waals surface area (Å²) in [5.41, 5.74) is 4.20. The molecule has 1 fully saturated rings. The Labute approximate surface area is 185 Å². The second-order valence-corrected chi connectivity index (χ2v) is 9.87. The van der Waals surface area contributed by atoms with E-state index >= 15 is 0 Å². The molecule has 2 nitrogen and oxygen atoms in total. The van der Waals surface area contributed by atoms with Crippen LogP contribution in [0.2, 0.25) is 0 Å². The van der Waals surface area contributed by atoms with Crippen LogP contribution < -0.4 is 0 Å². The molecule has 30 heavy (non-hydrogen) atoms. The first-order valence-electron chi connectivity index (χ1n) is 11.6. The van der Waals surface area contributed by atoms with Crippen LogP contribution in [0, 0.1) is 17.3 Å². The number of hydrogen-bond acceptors (Lipinski definition) is 2. The molecule has 0 spiro atoms. The van der Waals surface area contributed by atoms with E-state index < -0.39 is 5.60 Å². The molecule has 168 valence electrons. The summed E-state index contributed by atoms with van der Waals surface area (Å²) in [7, 11) is 0. The van der Waals surface area contributed by atoms with Crippen molar-refractivity contribution in [3.8, 4) is 11.8 Å². The van der Waals surface area contributed by atoms with Crippen LogP contribution in [0.5, 0.6) is 0 Å². The molecule has 2 heteroatoms. The van der Waals surface area contributed by atoms with Gasteiger partial charge in [-0.3, -0.25) is 0 Å². The maximum atomic E-state index is 9.97. The highest BCUT2D eigenvalue weighted by atomic mass is 16.3. The lowest BCUT2D eigenvalue weighted by Crippen LogP contribution is -2.16. The summed E-state index contributed by atoms with van der Waals surface area (Å²) in [4.78, 5) is 0. The highest BCUT2D eigenvalue weighted by Gasteiger charge is 2.22. The number of hydrogen-bond donors (Lipinski definition) is 2. The van der Waals surface area contributed by atoms with Gasteiger partial charge in [-0.25, -0.2) is 0 Å². The van der Waals surface area contributed by atoms with E-state index in [9.17, 15) is 10.2 Å². The summed E-state index contributed by atoms with van der Waals surface area (Å²) in [5.74, 6) is 6.05. The summed E-state index contributed by atoms with van der Waals surface area (Å²) in [6, 6.07) is 0. The number of aliphatic hydroxyl groups excluding tert-OH is 1. The average molecular weight is 413 g/mol. The molecule has 1 saturated carbocycles. The SMILES string of the molecule is C=C1/C(=C\C=C(\C)CCCC(C)(C)/C(=C\CC)CCC#CC(C)(C)O)CCCC1O. The van der Waals surface area contributed by atoms with Crippen LogP contribution in [0.4, 0.5) is 0 Å². The summed E-state index contributed by atoms with van der Waals surface area (Å²) < 4.78 is 0. The van der Waals surface area contributed by atoms with Crippen molar-refractivity contribution in [2.75, 3.05) is 0 Å². The van der Waals surface area contributed by atoms with E-state index in [-0.39, 0.29) is 11.5 Å². The van der Waals surface area contributed by atoms with Gasteiger partial charge in [-0.15, -0.1) is 0 Å². The first-order chi connectivity index (χ1) is 14.0. The van der Waals surface area contributed by atoms with Crippen molar-refractivity contribution in [3.05, 3.63) is 47.1 Å². The van der Waals surface area contributed by atoms with Crippen LogP contribution >= 0.6 is 0 Å². The van der Waals surface area contributed by atoms with Gasteiger partial charge in [-0.1, -0.05) is 68.6 Å². The zero-order chi connectivity index (χ0) is 22.8. The molecule has 0 radical (unpaired) electrons. The summed E-state index contributed by atoms with van der Waals surface area (Å²) in [5, 5.41) is 19.7. The molecule has 1 unspecified atom stereocenters. The fourth-order valence-electron chi connectivity index (χ4n) is 3.96. The lowest BCUT2D eigenvalue weighted by molar-refractivity contribution is 0.143. The normalized spacial score (nSPS) is 20.3.